The molecule has 0 unspecified atom stereocenters. The molecule has 2 amide bonds. The fourth-order valence-corrected chi connectivity index (χ4v) is 3.01. The van der Waals surface area contributed by atoms with E-state index in [1.54, 1.807) is 36.4 Å². The van der Waals surface area contributed by atoms with Crippen LogP contribution in [0.2, 0.25) is 5.02 Å². The van der Waals surface area contributed by atoms with E-state index in [2.05, 4.69) is 15.6 Å². The molecule has 2 N–H and O–H groups in total. The summed E-state index contributed by atoms with van der Waals surface area (Å²) in [5.41, 5.74) is 1.39. The van der Waals surface area contributed by atoms with Gasteiger partial charge in [0, 0.05) is 22.5 Å². The second-order valence-electron chi connectivity index (χ2n) is 5.13. The number of furan rings is 1. The smallest absolute Gasteiger partial charge is 0.293 e. The summed E-state index contributed by atoms with van der Waals surface area (Å²) in [5.74, 6) is -0.265. The van der Waals surface area contributed by atoms with Gasteiger partial charge >= 0.3 is 0 Å². The first-order chi connectivity index (χ1) is 12.1. The number of hydrogen-bond acceptors (Lipinski definition) is 5. The minimum absolute atomic E-state index is 0.128. The molecular formula is C17H14ClN3O3S. The number of aromatic nitrogens is 1. The lowest BCUT2D eigenvalue weighted by Gasteiger charge is -2.04. The van der Waals surface area contributed by atoms with E-state index in [0.717, 1.165) is 5.69 Å². The molecular weight excluding hydrogens is 362 g/mol. The van der Waals surface area contributed by atoms with E-state index in [1.165, 1.54) is 17.6 Å². The molecule has 0 saturated carbocycles. The molecule has 0 aliphatic rings. The minimum atomic E-state index is -0.357. The zero-order chi connectivity index (χ0) is 17.6. The molecule has 0 fully saturated rings. The van der Waals surface area contributed by atoms with Gasteiger partial charge in [-0.2, -0.15) is 0 Å². The highest BCUT2D eigenvalue weighted by Gasteiger charge is 2.12. The van der Waals surface area contributed by atoms with Crippen LogP contribution in [0.1, 0.15) is 22.7 Å². The molecule has 0 aliphatic carbocycles. The average molecular weight is 376 g/mol. The van der Waals surface area contributed by atoms with Gasteiger partial charge < -0.3 is 9.73 Å². The highest BCUT2D eigenvalue weighted by atomic mass is 35.5. The van der Waals surface area contributed by atoms with Crippen molar-refractivity contribution in [1.29, 1.82) is 0 Å². The van der Waals surface area contributed by atoms with Crippen molar-refractivity contribution in [2.75, 3.05) is 10.6 Å². The standard InChI is InChI=1S/C17H14ClN3O3S/c18-11-3-1-4-12(9-11)19-15(22)7-6-13-10-25-17(20-13)21-16(23)14-5-2-8-24-14/h1-5,8-10H,6-7H2,(H,19,22)(H,20,21,23). The van der Waals surface area contributed by atoms with Crippen LogP contribution in [0.3, 0.4) is 0 Å². The van der Waals surface area contributed by atoms with E-state index in [1.807, 2.05) is 5.38 Å². The Balaban J connectivity index is 1.50. The summed E-state index contributed by atoms with van der Waals surface area (Å²) < 4.78 is 5.02. The van der Waals surface area contributed by atoms with Gasteiger partial charge in [-0.25, -0.2) is 4.98 Å². The number of carbonyl (C=O) groups is 2. The van der Waals surface area contributed by atoms with E-state index < -0.39 is 0 Å². The van der Waals surface area contributed by atoms with Gasteiger partial charge in [0.15, 0.2) is 10.9 Å². The zero-order valence-corrected chi connectivity index (χ0v) is 14.6. The predicted octanol–water partition coefficient (Wildman–Crippen LogP) is 4.21. The van der Waals surface area contributed by atoms with Crippen molar-refractivity contribution >= 4 is 45.6 Å². The van der Waals surface area contributed by atoms with Crippen molar-refractivity contribution in [3.8, 4) is 0 Å². The number of rotatable bonds is 6. The lowest BCUT2D eigenvalue weighted by atomic mass is 10.2. The number of halogens is 1. The molecule has 2 heterocycles. The quantitative estimate of drug-likeness (QED) is 0.675. The molecule has 0 bridgehead atoms. The highest BCUT2D eigenvalue weighted by Crippen LogP contribution is 2.19. The third kappa shape index (κ3) is 4.91. The number of benzene rings is 1. The molecule has 3 aromatic rings. The molecule has 0 spiro atoms. The first-order valence-electron chi connectivity index (χ1n) is 7.45. The van der Waals surface area contributed by atoms with Crippen molar-refractivity contribution in [2.24, 2.45) is 0 Å². The predicted molar refractivity (Wildman–Crippen MR) is 97.2 cm³/mol. The third-order valence-electron chi connectivity index (χ3n) is 3.23. The van der Waals surface area contributed by atoms with Gasteiger partial charge in [-0.3, -0.25) is 14.9 Å². The molecule has 0 saturated heterocycles. The van der Waals surface area contributed by atoms with Crippen LogP contribution < -0.4 is 10.6 Å². The summed E-state index contributed by atoms with van der Waals surface area (Å²) in [6.07, 6.45) is 2.18. The van der Waals surface area contributed by atoms with E-state index in [0.29, 0.717) is 22.3 Å². The van der Waals surface area contributed by atoms with E-state index in [9.17, 15) is 9.59 Å². The molecule has 1 aromatic carbocycles. The largest absolute Gasteiger partial charge is 0.459 e. The summed E-state index contributed by atoms with van der Waals surface area (Å²) >= 11 is 7.18. The highest BCUT2D eigenvalue weighted by molar-refractivity contribution is 7.13. The van der Waals surface area contributed by atoms with Gasteiger partial charge in [-0.1, -0.05) is 17.7 Å². The SMILES string of the molecule is O=C(CCc1csc(NC(=O)c2ccco2)n1)Nc1cccc(Cl)c1. The topological polar surface area (TPSA) is 84.2 Å². The number of aryl methyl sites for hydroxylation is 1. The minimum Gasteiger partial charge on any atom is -0.459 e. The Bertz CT molecular complexity index is 877. The van der Waals surface area contributed by atoms with Crippen LogP contribution in [0.4, 0.5) is 10.8 Å². The Hall–Kier alpha value is -2.64. The van der Waals surface area contributed by atoms with Crippen LogP contribution in [-0.4, -0.2) is 16.8 Å². The molecule has 3 rings (SSSR count). The molecule has 8 heteroatoms. The van der Waals surface area contributed by atoms with Crippen molar-refractivity contribution in [3.63, 3.8) is 0 Å². The maximum absolute atomic E-state index is 12.0. The van der Waals surface area contributed by atoms with Gasteiger partial charge in [0.25, 0.3) is 5.91 Å². The number of hydrogen-bond donors (Lipinski definition) is 2. The van der Waals surface area contributed by atoms with Crippen LogP contribution >= 0.6 is 22.9 Å². The van der Waals surface area contributed by atoms with Crippen molar-refractivity contribution < 1.29 is 14.0 Å². The molecule has 2 aromatic heterocycles. The number of carbonyl (C=O) groups excluding carboxylic acids is 2. The molecule has 0 aliphatic heterocycles. The number of anilines is 2. The Morgan fingerprint density at radius 3 is 2.84 bits per heavy atom. The van der Waals surface area contributed by atoms with Gasteiger partial charge in [-0.15, -0.1) is 11.3 Å². The number of thiazole rings is 1. The Morgan fingerprint density at radius 1 is 1.20 bits per heavy atom. The normalized spacial score (nSPS) is 10.4. The number of nitrogens with one attached hydrogen (secondary N) is 2. The Morgan fingerprint density at radius 2 is 2.08 bits per heavy atom. The summed E-state index contributed by atoms with van der Waals surface area (Å²) in [6, 6.07) is 10.2. The van der Waals surface area contributed by atoms with Crippen LogP contribution in [0.25, 0.3) is 0 Å². The molecule has 6 nitrogen and oxygen atoms in total. The summed E-state index contributed by atoms with van der Waals surface area (Å²) in [5, 5.41) is 8.28. The van der Waals surface area contributed by atoms with Crippen LogP contribution in [0.15, 0.2) is 52.5 Å². The lowest BCUT2D eigenvalue weighted by molar-refractivity contribution is -0.116. The maximum atomic E-state index is 12.0. The van der Waals surface area contributed by atoms with Crippen molar-refractivity contribution in [2.45, 2.75) is 12.8 Å². The van der Waals surface area contributed by atoms with Gasteiger partial charge in [0.05, 0.1) is 12.0 Å². The molecule has 0 radical (unpaired) electrons. The maximum Gasteiger partial charge on any atom is 0.293 e. The van der Waals surface area contributed by atoms with Crippen molar-refractivity contribution in [3.05, 3.63) is 64.5 Å². The van der Waals surface area contributed by atoms with Crippen LogP contribution in [-0.2, 0) is 11.2 Å². The fraction of sp³-hybridized carbons (Fsp3) is 0.118. The first-order valence-corrected chi connectivity index (χ1v) is 8.70. The van der Waals surface area contributed by atoms with Gasteiger partial charge in [0.1, 0.15) is 0 Å². The zero-order valence-electron chi connectivity index (χ0n) is 13.0. The fourth-order valence-electron chi connectivity index (χ4n) is 2.08. The lowest BCUT2D eigenvalue weighted by Crippen LogP contribution is -2.12. The number of nitrogens with zero attached hydrogens (tertiary/aromatic N) is 1. The Kier molecular flexibility index (Phi) is 5.47. The Labute approximate surface area is 152 Å². The molecule has 0 atom stereocenters. The summed E-state index contributed by atoms with van der Waals surface area (Å²) in [6.45, 7) is 0. The second-order valence-corrected chi connectivity index (χ2v) is 6.43. The third-order valence-corrected chi connectivity index (χ3v) is 4.28. The molecule has 128 valence electrons. The average Bonchev–Trinajstić information content (AvgIpc) is 3.25. The van der Waals surface area contributed by atoms with Crippen LogP contribution in [0.5, 0.6) is 0 Å². The molecule has 25 heavy (non-hydrogen) atoms. The van der Waals surface area contributed by atoms with E-state index in [-0.39, 0.29) is 24.0 Å². The van der Waals surface area contributed by atoms with Crippen molar-refractivity contribution in [1.82, 2.24) is 4.98 Å². The van der Waals surface area contributed by atoms with E-state index >= 15 is 0 Å². The van der Waals surface area contributed by atoms with Gasteiger partial charge in [-0.05, 0) is 36.8 Å². The summed E-state index contributed by atoms with van der Waals surface area (Å²) in [7, 11) is 0. The van der Waals surface area contributed by atoms with Gasteiger partial charge in [0.2, 0.25) is 5.91 Å². The van der Waals surface area contributed by atoms with E-state index in [4.69, 9.17) is 16.0 Å². The summed E-state index contributed by atoms with van der Waals surface area (Å²) in [4.78, 5) is 28.1. The number of amides is 2. The first kappa shape index (κ1) is 17.2. The van der Waals surface area contributed by atoms with Crippen LogP contribution in [0, 0.1) is 0 Å². The monoisotopic (exact) mass is 375 g/mol. The second kappa shape index (κ2) is 7.96.